The van der Waals surface area contributed by atoms with Crippen LogP contribution in [0.2, 0.25) is 0 Å². The van der Waals surface area contributed by atoms with Crippen molar-refractivity contribution in [1.82, 2.24) is 4.90 Å². The number of amides is 1. The average Bonchev–Trinajstić information content (AvgIpc) is 3.23. The summed E-state index contributed by atoms with van der Waals surface area (Å²) in [6.45, 7) is 1.14. The number of fused-ring (bicyclic) bond motifs is 1. The van der Waals surface area contributed by atoms with Crippen LogP contribution in [-0.2, 0) is 11.2 Å². The van der Waals surface area contributed by atoms with Crippen molar-refractivity contribution < 1.29 is 4.79 Å². The summed E-state index contributed by atoms with van der Waals surface area (Å²) in [6, 6.07) is 8.49. The zero-order valence-corrected chi connectivity index (χ0v) is 14.5. The van der Waals surface area contributed by atoms with Crippen molar-refractivity contribution >= 4 is 41.5 Å². The monoisotopic (exact) mass is 400 g/mol. The first kappa shape index (κ1) is 16.1. The van der Waals surface area contributed by atoms with E-state index in [0.29, 0.717) is 31.5 Å². The normalized spacial score (nSPS) is 17.5. The molecule has 2 N–H and O–H groups in total. The van der Waals surface area contributed by atoms with Gasteiger partial charge < -0.3 is 15.5 Å². The molecule has 1 aliphatic carbocycles. The van der Waals surface area contributed by atoms with Crippen molar-refractivity contribution in [3.8, 4) is 0 Å². The Morgan fingerprint density at radius 1 is 1.43 bits per heavy atom. The van der Waals surface area contributed by atoms with E-state index in [1.165, 1.54) is 12.8 Å². The second-order valence-electron chi connectivity index (χ2n) is 5.43. The number of halogens is 1. The molecule has 114 valence electrons. The lowest BCUT2D eigenvalue weighted by Crippen LogP contribution is -2.37. The maximum absolute atomic E-state index is 12.0. The zero-order chi connectivity index (χ0) is 14.1. The number of hydrogen-bond acceptors (Lipinski definition) is 2. The minimum Gasteiger partial charge on any atom is -0.370 e. The predicted octanol–water partition coefficient (Wildman–Crippen LogP) is 1.60. The molecule has 1 fully saturated rings. The Bertz CT molecular complexity index is 556. The molecule has 1 amide bonds. The molecule has 0 atom stereocenters. The smallest absolute Gasteiger partial charge is 0.231 e. The summed E-state index contributed by atoms with van der Waals surface area (Å²) in [5.41, 5.74) is 8.06. The van der Waals surface area contributed by atoms with E-state index in [-0.39, 0.29) is 29.9 Å². The molecular formula is C15H21IN4O. The van der Waals surface area contributed by atoms with E-state index >= 15 is 0 Å². The topological polar surface area (TPSA) is 61.9 Å². The molecule has 0 bridgehead atoms. The first-order valence-corrected chi connectivity index (χ1v) is 7.08. The number of anilines is 1. The van der Waals surface area contributed by atoms with Crippen molar-refractivity contribution in [2.75, 3.05) is 25.0 Å². The lowest BCUT2D eigenvalue weighted by atomic mass is 10.2. The van der Waals surface area contributed by atoms with E-state index in [2.05, 4.69) is 4.99 Å². The molecule has 1 aromatic carbocycles. The minimum absolute atomic E-state index is 0. The molecule has 2 aliphatic rings. The molecule has 1 aromatic rings. The first-order valence-electron chi connectivity index (χ1n) is 7.08. The van der Waals surface area contributed by atoms with Crippen molar-refractivity contribution in [1.29, 1.82) is 0 Å². The maximum Gasteiger partial charge on any atom is 0.231 e. The van der Waals surface area contributed by atoms with E-state index < -0.39 is 0 Å². The Morgan fingerprint density at radius 2 is 2.14 bits per heavy atom. The molecule has 1 aliphatic heterocycles. The third kappa shape index (κ3) is 3.48. The number of nitrogens with two attached hydrogens (primary N) is 1. The Labute approximate surface area is 142 Å². The highest BCUT2D eigenvalue weighted by atomic mass is 127. The van der Waals surface area contributed by atoms with Crippen LogP contribution < -0.4 is 10.6 Å². The van der Waals surface area contributed by atoms with Crippen LogP contribution in [-0.4, -0.2) is 42.9 Å². The fourth-order valence-electron chi connectivity index (χ4n) is 2.59. The maximum atomic E-state index is 12.0. The van der Waals surface area contributed by atoms with Gasteiger partial charge in [-0.15, -0.1) is 24.0 Å². The molecule has 0 radical (unpaired) electrons. The fraction of sp³-hybridized carbons (Fsp3) is 0.467. The first-order chi connectivity index (χ1) is 9.66. The van der Waals surface area contributed by atoms with E-state index in [9.17, 15) is 4.79 Å². The highest BCUT2D eigenvalue weighted by Crippen LogP contribution is 2.28. The second kappa shape index (κ2) is 6.64. The van der Waals surface area contributed by atoms with Gasteiger partial charge in [0.25, 0.3) is 0 Å². The van der Waals surface area contributed by atoms with Gasteiger partial charge in [0, 0.05) is 25.3 Å². The number of para-hydroxylation sites is 1. The SMILES string of the molecule is CN(C(N)=NCCN1C(=O)Cc2ccccc21)C1CC1.I. The van der Waals surface area contributed by atoms with Crippen LogP contribution in [0.3, 0.4) is 0 Å². The average molecular weight is 400 g/mol. The van der Waals surface area contributed by atoms with Gasteiger partial charge in [-0.3, -0.25) is 9.79 Å². The number of carbonyl (C=O) groups excluding carboxylic acids is 1. The van der Waals surface area contributed by atoms with Crippen LogP contribution in [0.1, 0.15) is 18.4 Å². The number of aliphatic imine (C=N–C) groups is 1. The van der Waals surface area contributed by atoms with Gasteiger partial charge in [-0.05, 0) is 24.5 Å². The van der Waals surface area contributed by atoms with Crippen molar-refractivity contribution in [2.45, 2.75) is 25.3 Å². The fourth-order valence-corrected chi connectivity index (χ4v) is 2.59. The number of nitrogens with zero attached hydrogens (tertiary/aromatic N) is 3. The third-order valence-electron chi connectivity index (χ3n) is 3.98. The Kier molecular flexibility index (Phi) is 5.08. The van der Waals surface area contributed by atoms with Crippen LogP contribution in [0, 0.1) is 0 Å². The molecule has 21 heavy (non-hydrogen) atoms. The van der Waals surface area contributed by atoms with Gasteiger partial charge in [-0.25, -0.2) is 0 Å². The summed E-state index contributed by atoms with van der Waals surface area (Å²) in [7, 11) is 1.98. The summed E-state index contributed by atoms with van der Waals surface area (Å²) in [5, 5.41) is 0. The number of guanidine groups is 1. The highest BCUT2D eigenvalue weighted by Gasteiger charge is 2.28. The summed E-state index contributed by atoms with van der Waals surface area (Å²) < 4.78 is 0. The van der Waals surface area contributed by atoms with E-state index in [1.807, 2.05) is 41.1 Å². The largest absolute Gasteiger partial charge is 0.370 e. The van der Waals surface area contributed by atoms with Crippen LogP contribution in [0.5, 0.6) is 0 Å². The van der Waals surface area contributed by atoms with Gasteiger partial charge in [0.15, 0.2) is 5.96 Å². The van der Waals surface area contributed by atoms with Crippen LogP contribution >= 0.6 is 24.0 Å². The molecule has 0 unspecified atom stereocenters. The van der Waals surface area contributed by atoms with Crippen LogP contribution in [0.15, 0.2) is 29.3 Å². The number of rotatable bonds is 4. The third-order valence-corrected chi connectivity index (χ3v) is 3.98. The van der Waals surface area contributed by atoms with Gasteiger partial charge in [0.05, 0.1) is 13.0 Å². The molecule has 0 aromatic heterocycles. The van der Waals surface area contributed by atoms with Crippen LogP contribution in [0.4, 0.5) is 5.69 Å². The van der Waals surface area contributed by atoms with E-state index in [4.69, 9.17) is 5.73 Å². The summed E-state index contributed by atoms with van der Waals surface area (Å²) in [4.78, 5) is 20.2. The molecular weight excluding hydrogens is 379 g/mol. The molecule has 6 heteroatoms. The molecule has 1 heterocycles. The molecule has 0 spiro atoms. The number of carbonyl (C=O) groups is 1. The van der Waals surface area contributed by atoms with Gasteiger partial charge in [0.1, 0.15) is 0 Å². The Hall–Kier alpha value is -1.31. The predicted molar refractivity (Wildman–Crippen MR) is 95.2 cm³/mol. The zero-order valence-electron chi connectivity index (χ0n) is 12.2. The van der Waals surface area contributed by atoms with Crippen molar-refractivity contribution in [2.24, 2.45) is 10.7 Å². The highest BCUT2D eigenvalue weighted by molar-refractivity contribution is 14.0. The minimum atomic E-state index is 0. The van der Waals surface area contributed by atoms with Gasteiger partial charge >= 0.3 is 0 Å². The molecule has 0 saturated heterocycles. The van der Waals surface area contributed by atoms with Crippen LogP contribution in [0.25, 0.3) is 0 Å². The number of hydrogen-bond donors (Lipinski definition) is 1. The van der Waals surface area contributed by atoms with Crippen molar-refractivity contribution in [3.63, 3.8) is 0 Å². The number of benzene rings is 1. The summed E-state index contributed by atoms with van der Waals surface area (Å²) >= 11 is 0. The second-order valence-corrected chi connectivity index (χ2v) is 5.43. The van der Waals surface area contributed by atoms with E-state index in [0.717, 1.165) is 11.3 Å². The Morgan fingerprint density at radius 3 is 2.86 bits per heavy atom. The van der Waals surface area contributed by atoms with Gasteiger partial charge in [-0.1, -0.05) is 18.2 Å². The van der Waals surface area contributed by atoms with E-state index in [1.54, 1.807) is 0 Å². The van der Waals surface area contributed by atoms with Gasteiger partial charge in [-0.2, -0.15) is 0 Å². The standard InChI is InChI=1S/C15H20N4O.HI/c1-18(12-6-7-12)15(16)17-8-9-19-13-5-3-2-4-11(13)10-14(19)20;/h2-5,12H,6-10H2,1H3,(H2,16,17);1H. The lowest BCUT2D eigenvalue weighted by Gasteiger charge is -2.19. The van der Waals surface area contributed by atoms with Gasteiger partial charge in [0.2, 0.25) is 5.91 Å². The molecule has 1 saturated carbocycles. The molecule has 5 nitrogen and oxygen atoms in total. The lowest BCUT2D eigenvalue weighted by molar-refractivity contribution is -0.117. The summed E-state index contributed by atoms with van der Waals surface area (Å²) in [5.74, 6) is 0.725. The summed E-state index contributed by atoms with van der Waals surface area (Å²) in [6.07, 6.45) is 2.90. The Balaban J connectivity index is 0.00000161. The quantitative estimate of drug-likeness (QED) is 0.475. The van der Waals surface area contributed by atoms with Crippen molar-refractivity contribution in [3.05, 3.63) is 29.8 Å². The molecule has 3 rings (SSSR count).